The number of halogens is 1. The van der Waals surface area contributed by atoms with Gasteiger partial charge in [-0.15, -0.1) is 11.6 Å². The molecule has 0 atom stereocenters. The summed E-state index contributed by atoms with van der Waals surface area (Å²) in [7, 11) is 1.63. The minimum Gasteiger partial charge on any atom is -0.481 e. The molecule has 1 aliphatic rings. The van der Waals surface area contributed by atoms with Crippen LogP contribution in [0.1, 0.15) is 18.5 Å². The van der Waals surface area contributed by atoms with Gasteiger partial charge in [0.1, 0.15) is 0 Å². The fraction of sp³-hybridized carbons (Fsp3) is 0.667. The Morgan fingerprint density at radius 2 is 2.12 bits per heavy atom. The molecule has 2 rings (SSSR count). The van der Waals surface area contributed by atoms with Crippen molar-refractivity contribution in [2.24, 2.45) is 5.92 Å². The SMILES string of the molecule is COc1cc(C)nc(N2CCC(CCl)CC2)n1. The lowest BCUT2D eigenvalue weighted by molar-refractivity contribution is 0.393. The number of methoxy groups -OCH3 is 1. The molecule has 0 bridgehead atoms. The summed E-state index contributed by atoms with van der Waals surface area (Å²) in [5, 5.41) is 0. The highest BCUT2D eigenvalue weighted by molar-refractivity contribution is 6.18. The molecule has 0 aromatic carbocycles. The van der Waals surface area contributed by atoms with Crippen LogP contribution in [0.5, 0.6) is 5.88 Å². The van der Waals surface area contributed by atoms with Crippen LogP contribution in [0.3, 0.4) is 0 Å². The Bertz CT molecular complexity index is 378. The standard InChI is InChI=1S/C12H18ClN3O/c1-9-7-11(17-2)15-12(14-9)16-5-3-10(8-13)4-6-16/h7,10H,3-6,8H2,1-2H3. The van der Waals surface area contributed by atoms with Crippen LogP contribution in [0, 0.1) is 12.8 Å². The smallest absolute Gasteiger partial charge is 0.228 e. The van der Waals surface area contributed by atoms with Crippen LogP contribution < -0.4 is 9.64 Å². The highest BCUT2D eigenvalue weighted by Crippen LogP contribution is 2.23. The average Bonchev–Trinajstić information content (AvgIpc) is 2.38. The first-order valence-corrected chi connectivity index (χ1v) is 6.47. The monoisotopic (exact) mass is 255 g/mol. The molecule has 1 saturated heterocycles. The second-order valence-electron chi connectivity index (χ2n) is 4.44. The molecule has 1 fully saturated rings. The van der Waals surface area contributed by atoms with Crippen molar-refractivity contribution >= 4 is 17.5 Å². The molecule has 0 N–H and O–H groups in total. The van der Waals surface area contributed by atoms with Crippen LogP contribution >= 0.6 is 11.6 Å². The first-order valence-electron chi connectivity index (χ1n) is 5.93. The molecule has 5 heteroatoms. The van der Waals surface area contributed by atoms with Gasteiger partial charge in [0.15, 0.2) is 0 Å². The third-order valence-corrected chi connectivity index (χ3v) is 3.58. The van der Waals surface area contributed by atoms with Crippen molar-refractivity contribution in [2.45, 2.75) is 19.8 Å². The lowest BCUT2D eigenvalue weighted by Gasteiger charge is -2.31. The maximum Gasteiger partial charge on any atom is 0.228 e. The summed E-state index contributed by atoms with van der Waals surface area (Å²) in [6.07, 6.45) is 2.23. The molecule has 0 spiro atoms. The van der Waals surface area contributed by atoms with Gasteiger partial charge in [0.25, 0.3) is 0 Å². The van der Waals surface area contributed by atoms with Gasteiger partial charge in [-0.1, -0.05) is 0 Å². The van der Waals surface area contributed by atoms with Gasteiger partial charge in [-0.3, -0.25) is 0 Å². The van der Waals surface area contributed by atoms with Crippen LogP contribution in [0.2, 0.25) is 0 Å². The molecule has 0 unspecified atom stereocenters. The van der Waals surface area contributed by atoms with Crippen LogP contribution in [-0.2, 0) is 0 Å². The minimum atomic E-state index is 0.631. The first kappa shape index (κ1) is 12.4. The highest BCUT2D eigenvalue weighted by atomic mass is 35.5. The molecule has 2 heterocycles. The van der Waals surface area contributed by atoms with E-state index in [1.807, 2.05) is 13.0 Å². The van der Waals surface area contributed by atoms with Crippen molar-refractivity contribution in [1.82, 2.24) is 9.97 Å². The largest absolute Gasteiger partial charge is 0.481 e. The first-order chi connectivity index (χ1) is 8.22. The summed E-state index contributed by atoms with van der Waals surface area (Å²) in [6, 6.07) is 1.84. The number of hydrogen-bond donors (Lipinski definition) is 0. The number of alkyl halides is 1. The summed E-state index contributed by atoms with van der Waals surface area (Å²) in [5.41, 5.74) is 0.936. The number of anilines is 1. The van der Waals surface area contributed by atoms with E-state index in [2.05, 4.69) is 14.9 Å². The summed E-state index contributed by atoms with van der Waals surface area (Å²) >= 11 is 5.88. The molecule has 94 valence electrons. The highest BCUT2D eigenvalue weighted by Gasteiger charge is 2.20. The normalized spacial score (nSPS) is 17.2. The number of piperidine rings is 1. The second-order valence-corrected chi connectivity index (χ2v) is 4.75. The molecule has 0 aliphatic carbocycles. The molecule has 0 radical (unpaired) electrons. The Labute approximate surface area is 107 Å². The molecular weight excluding hydrogens is 238 g/mol. The zero-order valence-corrected chi connectivity index (χ0v) is 11.1. The third kappa shape index (κ3) is 3.00. The van der Waals surface area contributed by atoms with Crippen LogP contribution in [0.25, 0.3) is 0 Å². The Balaban J connectivity index is 2.10. The minimum absolute atomic E-state index is 0.631. The predicted molar refractivity (Wildman–Crippen MR) is 69.0 cm³/mol. The number of aromatic nitrogens is 2. The van der Waals surface area contributed by atoms with Gasteiger partial charge >= 0.3 is 0 Å². The summed E-state index contributed by atoms with van der Waals surface area (Å²) in [4.78, 5) is 11.1. The summed E-state index contributed by atoms with van der Waals surface area (Å²) in [5.74, 6) is 2.80. The van der Waals surface area contributed by atoms with E-state index in [1.54, 1.807) is 7.11 Å². The van der Waals surface area contributed by atoms with Gasteiger partial charge in [-0.05, 0) is 25.7 Å². The number of hydrogen-bond acceptors (Lipinski definition) is 4. The average molecular weight is 256 g/mol. The van der Waals surface area contributed by atoms with E-state index in [-0.39, 0.29) is 0 Å². The summed E-state index contributed by atoms with van der Waals surface area (Å²) in [6.45, 7) is 3.91. The zero-order chi connectivity index (χ0) is 12.3. The molecule has 1 aromatic heterocycles. The molecule has 4 nitrogen and oxygen atoms in total. The number of aryl methyl sites for hydroxylation is 1. The van der Waals surface area contributed by atoms with Gasteiger partial charge in [-0.2, -0.15) is 4.98 Å². The quantitative estimate of drug-likeness (QED) is 0.777. The van der Waals surface area contributed by atoms with Crippen molar-refractivity contribution in [2.75, 3.05) is 31.0 Å². The summed E-state index contributed by atoms with van der Waals surface area (Å²) < 4.78 is 5.17. The molecule has 0 amide bonds. The van der Waals surface area contributed by atoms with Crippen LogP contribution in [0.15, 0.2) is 6.07 Å². The van der Waals surface area contributed by atoms with Crippen LogP contribution in [0.4, 0.5) is 5.95 Å². The molecule has 0 saturated carbocycles. The van der Waals surface area contributed by atoms with Crippen LogP contribution in [-0.4, -0.2) is 36.0 Å². The van der Waals surface area contributed by atoms with Gasteiger partial charge in [-0.25, -0.2) is 4.98 Å². The third-order valence-electron chi connectivity index (χ3n) is 3.14. The van der Waals surface area contributed by atoms with E-state index in [9.17, 15) is 0 Å². The maximum atomic E-state index is 5.88. The van der Waals surface area contributed by atoms with Crippen molar-refractivity contribution in [3.8, 4) is 5.88 Å². The van der Waals surface area contributed by atoms with E-state index >= 15 is 0 Å². The van der Waals surface area contributed by atoms with Gasteiger partial charge < -0.3 is 9.64 Å². The number of ether oxygens (including phenoxy) is 1. The molecular formula is C12H18ClN3O. The van der Waals surface area contributed by atoms with E-state index in [0.717, 1.165) is 43.5 Å². The second kappa shape index (κ2) is 5.54. The molecule has 1 aliphatic heterocycles. The number of rotatable bonds is 3. The molecule has 17 heavy (non-hydrogen) atoms. The number of nitrogens with zero attached hydrogens (tertiary/aromatic N) is 3. The maximum absolute atomic E-state index is 5.88. The predicted octanol–water partition coefficient (Wildman–Crippen LogP) is 2.25. The van der Waals surface area contributed by atoms with Gasteiger partial charge in [0, 0.05) is 30.7 Å². The topological polar surface area (TPSA) is 38.2 Å². The fourth-order valence-electron chi connectivity index (χ4n) is 2.06. The lowest BCUT2D eigenvalue weighted by Crippen LogP contribution is -2.35. The van der Waals surface area contributed by atoms with Crippen molar-refractivity contribution in [1.29, 1.82) is 0 Å². The van der Waals surface area contributed by atoms with E-state index in [0.29, 0.717) is 11.8 Å². The Morgan fingerprint density at radius 3 is 2.71 bits per heavy atom. The van der Waals surface area contributed by atoms with Crippen molar-refractivity contribution < 1.29 is 4.74 Å². The Hall–Kier alpha value is -1.03. The van der Waals surface area contributed by atoms with E-state index in [1.165, 1.54) is 0 Å². The fourth-order valence-corrected chi connectivity index (χ4v) is 2.37. The Kier molecular flexibility index (Phi) is 4.05. The van der Waals surface area contributed by atoms with Gasteiger partial charge in [0.05, 0.1) is 7.11 Å². The van der Waals surface area contributed by atoms with Crippen molar-refractivity contribution in [3.63, 3.8) is 0 Å². The van der Waals surface area contributed by atoms with Gasteiger partial charge in [0.2, 0.25) is 11.8 Å². The Morgan fingerprint density at radius 1 is 1.41 bits per heavy atom. The van der Waals surface area contributed by atoms with E-state index in [4.69, 9.17) is 16.3 Å². The lowest BCUT2D eigenvalue weighted by atomic mass is 9.99. The molecule has 1 aromatic rings. The van der Waals surface area contributed by atoms with E-state index < -0.39 is 0 Å². The zero-order valence-electron chi connectivity index (χ0n) is 10.3. The van der Waals surface area contributed by atoms with Crippen molar-refractivity contribution in [3.05, 3.63) is 11.8 Å².